The van der Waals surface area contributed by atoms with Crippen molar-refractivity contribution in [1.82, 2.24) is 0 Å². The fourth-order valence-electron chi connectivity index (χ4n) is 1.95. The Morgan fingerprint density at radius 3 is 2.45 bits per heavy atom. The van der Waals surface area contributed by atoms with Crippen molar-refractivity contribution in [2.45, 2.75) is 53.4 Å². The SMILES string of the molecule is CCC1=C(C)CCC(C)(C)C1. The predicted octanol–water partition coefficient (Wildman–Crippen LogP) is 3.92. The van der Waals surface area contributed by atoms with Gasteiger partial charge < -0.3 is 0 Å². The maximum atomic E-state index is 2.38. The summed E-state index contributed by atoms with van der Waals surface area (Å²) < 4.78 is 0. The van der Waals surface area contributed by atoms with Gasteiger partial charge in [-0.1, -0.05) is 31.9 Å². The van der Waals surface area contributed by atoms with E-state index in [1.165, 1.54) is 25.7 Å². The Morgan fingerprint density at radius 2 is 2.00 bits per heavy atom. The average molecular weight is 152 g/mol. The van der Waals surface area contributed by atoms with Gasteiger partial charge in [0.2, 0.25) is 0 Å². The van der Waals surface area contributed by atoms with Gasteiger partial charge in [-0.05, 0) is 38.0 Å². The third kappa shape index (κ3) is 2.08. The largest absolute Gasteiger partial charge is 0.0741 e. The molecule has 0 heterocycles. The molecule has 1 aliphatic carbocycles. The molecule has 0 saturated carbocycles. The zero-order valence-electron chi connectivity index (χ0n) is 8.33. The Kier molecular flexibility index (Phi) is 2.41. The van der Waals surface area contributed by atoms with Crippen molar-refractivity contribution in [1.29, 1.82) is 0 Å². The predicted molar refractivity (Wildman–Crippen MR) is 50.6 cm³/mol. The fourth-order valence-corrected chi connectivity index (χ4v) is 1.95. The van der Waals surface area contributed by atoms with Gasteiger partial charge in [0, 0.05) is 0 Å². The Balaban J connectivity index is 2.73. The molecule has 0 nitrogen and oxygen atoms in total. The molecule has 0 spiro atoms. The lowest BCUT2D eigenvalue weighted by Crippen LogP contribution is -2.17. The molecule has 1 aliphatic rings. The topological polar surface area (TPSA) is 0 Å². The highest BCUT2D eigenvalue weighted by atomic mass is 14.3. The van der Waals surface area contributed by atoms with Crippen LogP contribution in [-0.2, 0) is 0 Å². The van der Waals surface area contributed by atoms with Gasteiger partial charge in [-0.15, -0.1) is 0 Å². The lowest BCUT2D eigenvalue weighted by molar-refractivity contribution is 0.310. The lowest BCUT2D eigenvalue weighted by Gasteiger charge is -2.32. The lowest BCUT2D eigenvalue weighted by atomic mass is 9.74. The smallest absolute Gasteiger partial charge is 0.0266 e. The highest BCUT2D eigenvalue weighted by Gasteiger charge is 2.24. The summed E-state index contributed by atoms with van der Waals surface area (Å²) in [5.74, 6) is 0. The van der Waals surface area contributed by atoms with Crippen LogP contribution >= 0.6 is 0 Å². The van der Waals surface area contributed by atoms with Gasteiger partial charge in [0.25, 0.3) is 0 Å². The molecular formula is C11H20. The number of hydrogen-bond acceptors (Lipinski definition) is 0. The second kappa shape index (κ2) is 3.00. The third-order valence-electron chi connectivity index (χ3n) is 2.90. The van der Waals surface area contributed by atoms with Crippen LogP contribution in [0.5, 0.6) is 0 Å². The molecule has 0 unspecified atom stereocenters. The fraction of sp³-hybridized carbons (Fsp3) is 0.818. The summed E-state index contributed by atoms with van der Waals surface area (Å²) in [6.45, 7) is 9.35. The maximum Gasteiger partial charge on any atom is -0.0266 e. The standard InChI is InChI=1S/C11H20/c1-5-10-8-11(3,4)7-6-9(10)2/h5-8H2,1-4H3. The molecule has 0 atom stereocenters. The van der Waals surface area contributed by atoms with Crippen LogP contribution in [0.4, 0.5) is 0 Å². The number of allylic oxidation sites excluding steroid dienone is 2. The Labute approximate surface area is 70.7 Å². The van der Waals surface area contributed by atoms with Crippen LogP contribution in [0, 0.1) is 5.41 Å². The first kappa shape index (κ1) is 8.83. The van der Waals surface area contributed by atoms with Crippen molar-refractivity contribution in [3.05, 3.63) is 11.1 Å². The summed E-state index contributed by atoms with van der Waals surface area (Å²) >= 11 is 0. The van der Waals surface area contributed by atoms with Gasteiger partial charge in [0.05, 0.1) is 0 Å². The molecule has 64 valence electrons. The van der Waals surface area contributed by atoms with Gasteiger partial charge >= 0.3 is 0 Å². The van der Waals surface area contributed by atoms with Crippen molar-refractivity contribution < 1.29 is 0 Å². The van der Waals surface area contributed by atoms with Gasteiger partial charge in [-0.25, -0.2) is 0 Å². The summed E-state index contributed by atoms with van der Waals surface area (Å²) in [6.07, 6.45) is 5.29. The molecule has 0 heteroatoms. The highest BCUT2D eigenvalue weighted by molar-refractivity contribution is 5.17. The first-order chi connectivity index (χ1) is 5.05. The molecule has 0 bridgehead atoms. The van der Waals surface area contributed by atoms with Gasteiger partial charge in [0.15, 0.2) is 0 Å². The van der Waals surface area contributed by atoms with E-state index in [1.54, 1.807) is 11.1 Å². The second-order valence-electron chi connectivity index (χ2n) is 4.58. The first-order valence-electron chi connectivity index (χ1n) is 4.72. The molecule has 0 fully saturated rings. The molecule has 0 aromatic rings. The van der Waals surface area contributed by atoms with Crippen LogP contribution in [0.15, 0.2) is 11.1 Å². The zero-order chi connectivity index (χ0) is 8.48. The average Bonchev–Trinajstić information content (AvgIpc) is 1.94. The van der Waals surface area contributed by atoms with E-state index in [9.17, 15) is 0 Å². The van der Waals surface area contributed by atoms with E-state index in [2.05, 4.69) is 27.7 Å². The molecule has 1 rings (SSSR count). The summed E-state index contributed by atoms with van der Waals surface area (Å²) in [6, 6.07) is 0. The molecule has 0 aromatic carbocycles. The minimum atomic E-state index is 0.574. The monoisotopic (exact) mass is 152 g/mol. The van der Waals surface area contributed by atoms with Gasteiger partial charge in [0.1, 0.15) is 0 Å². The summed E-state index contributed by atoms with van der Waals surface area (Å²) in [5.41, 5.74) is 3.94. The van der Waals surface area contributed by atoms with E-state index in [0.29, 0.717) is 5.41 Å². The van der Waals surface area contributed by atoms with Crippen molar-refractivity contribution in [3.8, 4) is 0 Å². The van der Waals surface area contributed by atoms with Crippen molar-refractivity contribution in [2.75, 3.05) is 0 Å². The van der Waals surface area contributed by atoms with E-state index in [-0.39, 0.29) is 0 Å². The van der Waals surface area contributed by atoms with Crippen molar-refractivity contribution >= 4 is 0 Å². The number of rotatable bonds is 1. The summed E-state index contributed by atoms with van der Waals surface area (Å²) in [7, 11) is 0. The highest BCUT2D eigenvalue weighted by Crippen LogP contribution is 2.39. The van der Waals surface area contributed by atoms with Crippen LogP contribution < -0.4 is 0 Å². The van der Waals surface area contributed by atoms with Crippen LogP contribution in [0.1, 0.15) is 53.4 Å². The van der Waals surface area contributed by atoms with E-state index in [1.807, 2.05) is 0 Å². The van der Waals surface area contributed by atoms with Crippen LogP contribution in [0.3, 0.4) is 0 Å². The van der Waals surface area contributed by atoms with Crippen molar-refractivity contribution in [2.24, 2.45) is 5.41 Å². The van der Waals surface area contributed by atoms with E-state index >= 15 is 0 Å². The molecule has 0 amide bonds. The van der Waals surface area contributed by atoms with Crippen LogP contribution in [0.25, 0.3) is 0 Å². The molecular weight excluding hydrogens is 132 g/mol. The Bertz CT molecular complexity index is 172. The molecule has 0 aromatic heterocycles. The zero-order valence-corrected chi connectivity index (χ0v) is 8.33. The van der Waals surface area contributed by atoms with Gasteiger partial charge in [-0.2, -0.15) is 0 Å². The first-order valence-corrected chi connectivity index (χ1v) is 4.72. The van der Waals surface area contributed by atoms with Crippen LogP contribution in [0.2, 0.25) is 0 Å². The summed E-state index contributed by atoms with van der Waals surface area (Å²) in [4.78, 5) is 0. The maximum absolute atomic E-state index is 2.38. The van der Waals surface area contributed by atoms with Crippen molar-refractivity contribution in [3.63, 3.8) is 0 Å². The normalized spacial score (nSPS) is 24.0. The molecule has 0 saturated heterocycles. The Morgan fingerprint density at radius 1 is 1.36 bits per heavy atom. The Hall–Kier alpha value is -0.260. The molecule has 0 aliphatic heterocycles. The molecule has 0 radical (unpaired) electrons. The molecule has 11 heavy (non-hydrogen) atoms. The van der Waals surface area contributed by atoms with E-state index < -0.39 is 0 Å². The summed E-state index contributed by atoms with van der Waals surface area (Å²) in [5, 5.41) is 0. The minimum absolute atomic E-state index is 0.574. The van der Waals surface area contributed by atoms with E-state index in [4.69, 9.17) is 0 Å². The molecule has 0 N–H and O–H groups in total. The van der Waals surface area contributed by atoms with E-state index in [0.717, 1.165) is 0 Å². The minimum Gasteiger partial charge on any atom is -0.0741 e. The third-order valence-corrected chi connectivity index (χ3v) is 2.90. The van der Waals surface area contributed by atoms with Crippen LogP contribution in [-0.4, -0.2) is 0 Å². The second-order valence-corrected chi connectivity index (χ2v) is 4.58. The van der Waals surface area contributed by atoms with Gasteiger partial charge in [-0.3, -0.25) is 0 Å². The number of hydrogen-bond donors (Lipinski definition) is 0. The quantitative estimate of drug-likeness (QED) is 0.499.